The van der Waals surface area contributed by atoms with Crippen molar-refractivity contribution < 1.29 is 4.79 Å². The molecule has 2 atom stereocenters. The number of aryl methyl sites for hydroxylation is 1. The summed E-state index contributed by atoms with van der Waals surface area (Å²) in [5.74, 6) is 0.302. The van der Waals surface area contributed by atoms with Crippen molar-refractivity contribution in [2.24, 2.45) is 5.41 Å². The molecule has 2 unspecified atom stereocenters. The Morgan fingerprint density at radius 3 is 2.67 bits per heavy atom. The second-order valence-electron chi connectivity index (χ2n) is 6.69. The molecule has 0 bridgehead atoms. The molecule has 1 amide bonds. The molecule has 1 aliphatic heterocycles. The number of hydrogen-bond donors (Lipinski definition) is 1. The molecule has 1 saturated carbocycles. The van der Waals surface area contributed by atoms with E-state index >= 15 is 0 Å². The van der Waals surface area contributed by atoms with E-state index in [0.29, 0.717) is 11.3 Å². The van der Waals surface area contributed by atoms with E-state index in [-0.39, 0.29) is 12.2 Å². The van der Waals surface area contributed by atoms with E-state index in [1.807, 2.05) is 0 Å². The molecule has 3 nitrogen and oxygen atoms in total. The monoisotopic (exact) mass is 306 g/mol. The van der Waals surface area contributed by atoms with Gasteiger partial charge in [-0.15, -0.1) is 11.3 Å². The summed E-state index contributed by atoms with van der Waals surface area (Å²) in [6.07, 6.45) is 6.02. The molecule has 1 N–H and O–H groups in total. The van der Waals surface area contributed by atoms with E-state index < -0.39 is 0 Å². The maximum atomic E-state index is 12.7. The minimum Gasteiger partial charge on any atom is -0.320 e. The number of thiophene rings is 1. The van der Waals surface area contributed by atoms with Gasteiger partial charge in [-0.1, -0.05) is 20.3 Å². The lowest BCUT2D eigenvalue weighted by Crippen LogP contribution is -2.35. The van der Waals surface area contributed by atoms with Crippen LogP contribution >= 0.6 is 11.3 Å². The van der Waals surface area contributed by atoms with Crippen molar-refractivity contribution in [2.45, 2.75) is 65.1 Å². The zero-order valence-corrected chi connectivity index (χ0v) is 14.1. The van der Waals surface area contributed by atoms with Gasteiger partial charge in [0.05, 0.1) is 6.04 Å². The first-order valence-corrected chi connectivity index (χ1v) is 9.03. The van der Waals surface area contributed by atoms with Crippen molar-refractivity contribution in [3.63, 3.8) is 0 Å². The number of hydrogen-bond acceptors (Lipinski definition) is 3. The Labute approximate surface area is 131 Å². The van der Waals surface area contributed by atoms with E-state index in [4.69, 9.17) is 0 Å². The maximum absolute atomic E-state index is 12.7. The first-order valence-electron chi connectivity index (χ1n) is 8.21. The third kappa shape index (κ3) is 2.88. The van der Waals surface area contributed by atoms with E-state index in [1.165, 1.54) is 35.4 Å². The topological polar surface area (TPSA) is 32.3 Å². The van der Waals surface area contributed by atoms with E-state index in [1.54, 1.807) is 11.3 Å². The summed E-state index contributed by atoms with van der Waals surface area (Å²) in [7, 11) is 0. The number of amides is 1. The summed E-state index contributed by atoms with van der Waals surface area (Å²) >= 11 is 1.81. The highest BCUT2D eigenvalue weighted by atomic mass is 32.1. The molecule has 3 rings (SSSR count). The van der Waals surface area contributed by atoms with Crippen molar-refractivity contribution in [1.29, 1.82) is 0 Å². The van der Waals surface area contributed by atoms with Gasteiger partial charge in [-0.2, -0.15) is 0 Å². The maximum Gasteiger partial charge on any atom is 0.241 e. The summed E-state index contributed by atoms with van der Waals surface area (Å²) in [6.45, 7) is 7.41. The minimum absolute atomic E-state index is 0.00478. The highest BCUT2D eigenvalue weighted by Crippen LogP contribution is 2.51. The lowest BCUT2D eigenvalue weighted by molar-refractivity contribution is -0.131. The molecule has 2 fully saturated rings. The molecular formula is C17H26N2OS. The van der Waals surface area contributed by atoms with Gasteiger partial charge in [0.1, 0.15) is 6.17 Å². The lowest BCUT2D eigenvalue weighted by Gasteiger charge is -2.28. The zero-order chi connectivity index (χ0) is 15.0. The van der Waals surface area contributed by atoms with Gasteiger partial charge in [0, 0.05) is 16.3 Å². The van der Waals surface area contributed by atoms with Crippen LogP contribution in [0, 0.1) is 12.3 Å². The van der Waals surface area contributed by atoms with Crippen LogP contribution in [0.5, 0.6) is 0 Å². The van der Waals surface area contributed by atoms with Crippen LogP contribution in [0.1, 0.15) is 61.9 Å². The molecule has 21 heavy (non-hydrogen) atoms. The summed E-state index contributed by atoms with van der Waals surface area (Å²) in [5.41, 5.74) is 0.416. The normalized spacial score (nSPS) is 27.4. The Bertz CT molecular complexity index is 521. The first-order chi connectivity index (χ1) is 10.1. The van der Waals surface area contributed by atoms with Crippen LogP contribution in [-0.4, -0.2) is 23.4 Å². The average Bonchev–Trinajstić information content (AvgIpc) is 2.96. The van der Waals surface area contributed by atoms with Gasteiger partial charge in [0.25, 0.3) is 0 Å². The molecule has 1 saturated heterocycles. The molecule has 116 valence electrons. The second kappa shape index (κ2) is 5.73. The van der Waals surface area contributed by atoms with Crippen molar-refractivity contribution in [2.75, 3.05) is 6.54 Å². The second-order valence-corrected chi connectivity index (χ2v) is 8.01. The number of nitrogens with one attached hydrogen (secondary N) is 1. The summed E-state index contributed by atoms with van der Waals surface area (Å²) in [5, 5.41) is 3.55. The molecule has 0 radical (unpaired) electrons. The smallest absolute Gasteiger partial charge is 0.241 e. The van der Waals surface area contributed by atoms with Gasteiger partial charge < -0.3 is 4.90 Å². The molecule has 0 aromatic carbocycles. The third-order valence-corrected chi connectivity index (χ3v) is 5.99. The molecule has 0 spiro atoms. The largest absolute Gasteiger partial charge is 0.320 e. The number of carbonyl (C=O) groups is 1. The fourth-order valence-corrected chi connectivity index (χ4v) is 4.48. The minimum atomic E-state index is -0.00478. The average molecular weight is 306 g/mol. The zero-order valence-electron chi connectivity index (χ0n) is 13.3. The summed E-state index contributed by atoms with van der Waals surface area (Å²) < 4.78 is 0. The van der Waals surface area contributed by atoms with Crippen molar-refractivity contribution in [1.82, 2.24) is 10.2 Å². The van der Waals surface area contributed by atoms with Gasteiger partial charge >= 0.3 is 0 Å². The fraction of sp³-hybridized carbons (Fsp3) is 0.706. The van der Waals surface area contributed by atoms with Crippen molar-refractivity contribution >= 4 is 17.2 Å². The van der Waals surface area contributed by atoms with Gasteiger partial charge in [0.15, 0.2) is 0 Å². The Morgan fingerprint density at radius 1 is 1.38 bits per heavy atom. The number of rotatable bonds is 6. The molecular weight excluding hydrogens is 280 g/mol. The fourth-order valence-electron chi connectivity index (χ4n) is 3.53. The van der Waals surface area contributed by atoms with Crippen LogP contribution in [0.25, 0.3) is 0 Å². The number of nitrogens with zero attached hydrogens (tertiary/aromatic N) is 1. The van der Waals surface area contributed by atoms with Gasteiger partial charge in [-0.25, -0.2) is 0 Å². The van der Waals surface area contributed by atoms with Crippen LogP contribution < -0.4 is 5.32 Å². The van der Waals surface area contributed by atoms with E-state index in [9.17, 15) is 4.79 Å². The van der Waals surface area contributed by atoms with Gasteiger partial charge in [-0.3, -0.25) is 10.1 Å². The van der Waals surface area contributed by atoms with Crippen LogP contribution in [0.15, 0.2) is 12.1 Å². The predicted octanol–water partition coefficient (Wildman–Crippen LogP) is 3.85. The molecule has 2 heterocycles. The van der Waals surface area contributed by atoms with Crippen LogP contribution in [0.4, 0.5) is 0 Å². The van der Waals surface area contributed by atoms with Crippen molar-refractivity contribution in [3.05, 3.63) is 21.9 Å². The first kappa shape index (κ1) is 15.0. The molecule has 1 aliphatic carbocycles. The standard InChI is InChI=1S/C17H26N2OS/c1-4-8-17(9-10-17)11-19-15(14-7-6-12(3)21-14)18-13(5-2)16(19)20/h6-7,13,15,18H,4-5,8-11H2,1-3H3. The number of carbonyl (C=O) groups excluding carboxylic acids is 1. The predicted molar refractivity (Wildman–Crippen MR) is 87.3 cm³/mol. The van der Waals surface area contributed by atoms with E-state index in [0.717, 1.165) is 13.0 Å². The lowest BCUT2D eigenvalue weighted by atomic mass is 9.99. The Morgan fingerprint density at radius 2 is 2.14 bits per heavy atom. The van der Waals surface area contributed by atoms with E-state index in [2.05, 4.69) is 43.1 Å². The van der Waals surface area contributed by atoms with Gasteiger partial charge in [0.2, 0.25) is 5.91 Å². The highest BCUT2D eigenvalue weighted by molar-refractivity contribution is 7.12. The molecule has 2 aliphatic rings. The molecule has 1 aromatic heterocycles. The summed E-state index contributed by atoms with van der Waals surface area (Å²) in [4.78, 5) is 17.4. The van der Waals surface area contributed by atoms with Crippen molar-refractivity contribution in [3.8, 4) is 0 Å². The van der Waals surface area contributed by atoms with Crippen LogP contribution in [0.3, 0.4) is 0 Å². The van der Waals surface area contributed by atoms with Crippen LogP contribution in [0.2, 0.25) is 0 Å². The molecule has 4 heteroatoms. The summed E-state index contributed by atoms with van der Waals surface area (Å²) in [6, 6.07) is 4.33. The Balaban J connectivity index is 1.81. The van der Waals surface area contributed by atoms with Crippen LogP contribution in [-0.2, 0) is 4.79 Å². The molecule has 1 aromatic rings. The SMILES string of the molecule is CCCC1(CN2C(=O)C(CC)NC2c2ccc(C)s2)CC1. The Kier molecular flexibility index (Phi) is 4.10. The highest BCUT2D eigenvalue weighted by Gasteiger charge is 2.48. The van der Waals surface area contributed by atoms with Gasteiger partial charge in [-0.05, 0) is 50.2 Å². The quantitative estimate of drug-likeness (QED) is 0.866. The Hall–Kier alpha value is -0.870. The third-order valence-electron chi connectivity index (χ3n) is 4.93.